The molecule has 1 saturated heterocycles. The number of rotatable bonds is 4. The van der Waals surface area contributed by atoms with E-state index in [1.165, 1.54) is 24.4 Å². The normalized spacial score (nSPS) is 22.6. The molecule has 10 heteroatoms. The van der Waals surface area contributed by atoms with Crippen LogP contribution in [0.25, 0.3) is 0 Å². The van der Waals surface area contributed by atoms with Gasteiger partial charge >= 0.3 is 0 Å². The average Bonchev–Trinajstić information content (AvgIpc) is 3.65. The molecule has 3 amide bonds. The van der Waals surface area contributed by atoms with Gasteiger partial charge in [0.15, 0.2) is 0 Å². The molecular formula is C26H30N4O6. The standard InChI is InChI=1S/C26H30N4O6/c1-34-8-7-29-15-24(31)28-22-13-30(25(32)18-5-6-18)14-23(22)35-16-17-3-2-4-20(9-17)36-21-10-19(26(29)33)11-27-12-21/h2-4,9-12,18,22-23H,5-8,13-16H2,1H3,(H,28,31)/t22-,23-/m0/s1. The molecule has 36 heavy (non-hydrogen) atoms. The molecule has 2 aliphatic heterocycles. The summed E-state index contributed by atoms with van der Waals surface area (Å²) in [6, 6.07) is 8.70. The van der Waals surface area contributed by atoms with Gasteiger partial charge < -0.3 is 29.3 Å². The van der Waals surface area contributed by atoms with Gasteiger partial charge in [0.1, 0.15) is 11.5 Å². The quantitative estimate of drug-likeness (QED) is 0.687. The van der Waals surface area contributed by atoms with E-state index in [2.05, 4.69) is 10.3 Å². The van der Waals surface area contributed by atoms with Crippen molar-refractivity contribution < 1.29 is 28.6 Å². The van der Waals surface area contributed by atoms with Crippen LogP contribution in [0, 0.1) is 5.92 Å². The molecule has 1 aliphatic carbocycles. The van der Waals surface area contributed by atoms with Crippen LogP contribution in [0.3, 0.4) is 0 Å². The lowest BCUT2D eigenvalue weighted by molar-refractivity contribution is -0.132. The Bertz CT molecular complexity index is 1140. The van der Waals surface area contributed by atoms with E-state index in [0.29, 0.717) is 36.8 Å². The van der Waals surface area contributed by atoms with Crippen molar-refractivity contribution in [2.75, 3.05) is 39.9 Å². The van der Waals surface area contributed by atoms with E-state index >= 15 is 0 Å². The first-order chi connectivity index (χ1) is 17.5. The zero-order valence-corrected chi connectivity index (χ0v) is 20.2. The lowest BCUT2D eigenvalue weighted by Crippen LogP contribution is -2.49. The van der Waals surface area contributed by atoms with Gasteiger partial charge in [-0.2, -0.15) is 0 Å². The number of amides is 3. The topological polar surface area (TPSA) is 110 Å². The number of ether oxygens (including phenoxy) is 3. The number of nitrogens with one attached hydrogen (secondary N) is 1. The maximum atomic E-state index is 13.3. The lowest BCUT2D eigenvalue weighted by Gasteiger charge is -2.25. The number of fused-ring (bicyclic) bond motifs is 5. The van der Waals surface area contributed by atoms with E-state index in [4.69, 9.17) is 14.2 Å². The Morgan fingerprint density at radius 3 is 2.83 bits per heavy atom. The van der Waals surface area contributed by atoms with E-state index < -0.39 is 0 Å². The summed E-state index contributed by atoms with van der Waals surface area (Å²) in [5.41, 5.74) is 1.20. The van der Waals surface area contributed by atoms with Gasteiger partial charge in [0.05, 0.1) is 43.7 Å². The Hall–Kier alpha value is -3.50. The Morgan fingerprint density at radius 1 is 1.17 bits per heavy atom. The van der Waals surface area contributed by atoms with Crippen molar-refractivity contribution in [2.45, 2.75) is 31.6 Å². The van der Waals surface area contributed by atoms with Gasteiger partial charge in [-0.3, -0.25) is 19.4 Å². The summed E-state index contributed by atoms with van der Waals surface area (Å²) in [6.07, 6.45) is 4.45. The number of likely N-dealkylation sites (tertiary alicyclic amines) is 1. The van der Waals surface area contributed by atoms with E-state index in [9.17, 15) is 14.4 Å². The molecule has 5 rings (SSSR count). The van der Waals surface area contributed by atoms with E-state index in [0.717, 1.165) is 18.4 Å². The first-order valence-electron chi connectivity index (χ1n) is 12.2. The maximum Gasteiger partial charge on any atom is 0.256 e. The first-order valence-corrected chi connectivity index (χ1v) is 12.2. The third-order valence-corrected chi connectivity index (χ3v) is 6.60. The van der Waals surface area contributed by atoms with Crippen LogP contribution in [0.5, 0.6) is 11.5 Å². The van der Waals surface area contributed by atoms with Gasteiger partial charge in [-0.1, -0.05) is 12.1 Å². The van der Waals surface area contributed by atoms with Crippen LogP contribution in [0.1, 0.15) is 28.8 Å². The highest BCUT2D eigenvalue weighted by Crippen LogP contribution is 2.33. The number of hydrogen-bond acceptors (Lipinski definition) is 7. The largest absolute Gasteiger partial charge is 0.456 e. The first kappa shape index (κ1) is 24.2. The van der Waals surface area contributed by atoms with Crippen molar-refractivity contribution in [3.63, 3.8) is 0 Å². The van der Waals surface area contributed by atoms with Crippen LogP contribution in [-0.2, 0) is 25.7 Å². The number of carbonyl (C=O) groups is 3. The van der Waals surface area contributed by atoms with Gasteiger partial charge in [-0.15, -0.1) is 0 Å². The molecule has 1 saturated carbocycles. The SMILES string of the molecule is COCCN1CC(=O)N[C@H]2CN(C(=O)C3CC3)C[C@@H]2OCc2cccc(c2)Oc2cncc(c2)C1=O. The molecule has 190 valence electrons. The van der Waals surface area contributed by atoms with Gasteiger partial charge in [0.2, 0.25) is 11.8 Å². The summed E-state index contributed by atoms with van der Waals surface area (Å²) >= 11 is 0. The minimum Gasteiger partial charge on any atom is -0.456 e. The fraction of sp³-hybridized carbons (Fsp3) is 0.462. The second-order valence-corrected chi connectivity index (χ2v) is 9.42. The summed E-state index contributed by atoms with van der Waals surface area (Å²) in [4.78, 5) is 46.5. The maximum absolute atomic E-state index is 13.3. The molecule has 0 radical (unpaired) electrons. The smallest absolute Gasteiger partial charge is 0.256 e. The zero-order valence-electron chi connectivity index (χ0n) is 20.2. The molecule has 0 spiro atoms. The number of benzene rings is 1. The fourth-order valence-electron chi connectivity index (χ4n) is 4.54. The van der Waals surface area contributed by atoms with E-state index in [1.807, 2.05) is 24.3 Å². The lowest BCUT2D eigenvalue weighted by atomic mass is 10.2. The molecular weight excluding hydrogens is 464 g/mol. The van der Waals surface area contributed by atoms with Crippen LogP contribution in [0.15, 0.2) is 42.7 Å². The van der Waals surface area contributed by atoms with Crippen LogP contribution < -0.4 is 10.1 Å². The second-order valence-electron chi connectivity index (χ2n) is 9.42. The summed E-state index contributed by atoms with van der Waals surface area (Å²) < 4.78 is 17.3. The molecule has 1 N–H and O–H groups in total. The highest BCUT2D eigenvalue weighted by atomic mass is 16.5. The molecule has 2 atom stereocenters. The van der Waals surface area contributed by atoms with Crippen molar-refractivity contribution >= 4 is 17.7 Å². The van der Waals surface area contributed by atoms with Crippen molar-refractivity contribution in [1.29, 1.82) is 0 Å². The highest BCUT2D eigenvalue weighted by Gasteiger charge is 2.42. The van der Waals surface area contributed by atoms with Crippen LogP contribution >= 0.6 is 0 Å². The predicted octanol–water partition coefficient (Wildman–Crippen LogP) is 1.60. The molecule has 3 heterocycles. The Kier molecular flexibility index (Phi) is 7.15. The van der Waals surface area contributed by atoms with Gasteiger partial charge in [-0.25, -0.2) is 0 Å². The molecule has 2 aromatic rings. The number of methoxy groups -OCH3 is 1. The Morgan fingerprint density at radius 2 is 2.03 bits per heavy atom. The summed E-state index contributed by atoms with van der Waals surface area (Å²) in [7, 11) is 1.54. The van der Waals surface area contributed by atoms with Crippen molar-refractivity contribution in [1.82, 2.24) is 20.1 Å². The predicted molar refractivity (Wildman–Crippen MR) is 128 cm³/mol. The minimum atomic E-state index is -0.378. The van der Waals surface area contributed by atoms with E-state index in [1.54, 1.807) is 11.0 Å². The molecule has 4 bridgehead atoms. The Balaban J connectivity index is 1.43. The van der Waals surface area contributed by atoms with Crippen molar-refractivity contribution in [2.24, 2.45) is 5.92 Å². The van der Waals surface area contributed by atoms with Crippen LogP contribution in [0.4, 0.5) is 0 Å². The third-order valence-electron chi connectivity index (χ3n) is 6.60. The zero-order chi connectivity index (χ0) is 25.1. The number of carbonyl (C=O) groups excluding carboxylic acids is 3. The molecule has 1 aromatic carbocycles. The van der Waals surface area contributed by atoms with Crippen molar-refractivity contribution in [3.05, 3.63) is 53.9 Å². The monoisotopic (exact) mass is 494 g/mol. The third kappa shape index (κ3) is 5.66. The molecule has 0 unspecified atom stereocenters. The molecule has 1 aromatic heterocycles. The number of nitrogens with zero attached hydrogens (tertiary/aromatic N) is 3. The molecule has 3 aliphatic rings. The number of aromatic nitrogens is 1. The van der Waals surface area contributed by atoms with Crippen LogP contribution in [-0.4, -0.2) is 84.5 Å². The minimum absolute atomic E-state index is 0.0845. The van der Waals surface area contributed by atoms with Gasteiger partial charge in [0.25, 0.3) is 5.91 Å². The fourth-order valence-corrected chi connectivity index (χ4v) is 4.54. The highest BCUT2D eigenvalue weighted by molar-refractivity contribution is 5.96. The molecule has 2 fully saturated rings. The summed E-state index contributed by atoms with van der Waals surface area (Å²) in [6.45, 7) is 1.44. The van der Waals surface area contributed by atoms with E-state index in [-0.39, 0.29) is 55.5 Å². The second kappa shape index (κ2) is 10.6. The summed E-state index contributed by atoms with van der Waals surface area (Å²) in [5, 5.41) is 3.01. The summed E-state index contributed by atoms with van der Waals surface area (Å²) in [5.74, 6) is 0.519. The van der Waals surface area contributed by atoms with Gasteiger partial charge in [-0.05, 0) is 36.6 Å². The van der Waals surface area contributed by atoms with Gasteiger partial charge in [0, 0.05) is 38.9 Å². The number of pyridine rings is 1. The number of hydrogen-bond donors (Lipinski definition) is 1. The Labute approximate surface area is 209 Å². The van der Waals surface area contributed by atoms with Crippen molar-refractivity contribution in [3.8, 4) is 11.5 Å². The average molecular weight is 495 g/mol. The molecule has 10 nitrogen and oxygen atoms in total. The van der Waals surface area contributed by atoms with Crippen LogP contribution in [0.2, 0.25) is 0 Å².